The Labute approximate surface area is 160 Å². The highest BCUT2D eigenvalue weighted by Gasteiger charge is 2.38. The fourth-order valence-electron chi connectivity index (χ4n) is 3.65. The van der Waals surface area contributed by atoms with E-state index in [2.05, 4.69) is 10.3 Å². The fourth-order valence-corrected chi connectivity index (χ4v) is 3.65. The molecule has 3 rings (SSSR count). The molecule has 1 aliphatic rings. The summed E-state index contributed by atoms with van der Waals surface area (Å²) in [5, 5.41) is 2.35. The molecule has 1 aromatic carbocycles. The third kappa shape index (κ3) is 4.20. The smallest absolute Gasteiger partial charge is 0.349 e. The van der Waals surface area contributed by atoms with Crippen LogP contribution in [0.1, 0.15) is 53.1 Å². The predicted octanol–water partition coefficient (Wildman–Crippen LogP) is 5.11. The van der Waals surface area contributed by atoms with Gasteiger partial charge in [-0.25, -0.2) is 8.78 Å². The molecule has 0 radical (unpaired) electrons. The lowest BCUT2D eigenvalue weighted by Gasteiger charge is -2.33. The maximum atomic E-state index is 14.2. The van der Waals surface area contributed by atoms with E-state index in [-0.39, 0.29) is 12.8 Å². The van der Waals surface area contributed by atoms with E-state index < -0.39 is 64.3 Å². The zero-order chi connectivity index (χ0) is 21.3. The summed E-state index contributed by atoms with van der Waals surface area (Å²) in [4.78, 5) is 15.0. The van der Waals surface area contributed by atoms with Crippen LogP contribution < -0.4 is 5.32 Å². The molecule has 156 valence electrons. The molecule has 0 spiro atoms. The van der Waals surface area contributed by atoms with Crippen molar-refractivity contribution in [3.05, 3.63) is 64.5 Å². The van der Waals surface area contributed by atoms with Crippen molar-refractivity contribution in [3.63, 3.8) is 0 Å². The summed E-state index contributed by atoms with van der Waals surface area (Å²) >= 11 is 0. The van der Waals surface area contributed by atoms with Crippen molar-refractivity contribution in [3.8, 4) is 0 Å². The minimum atomic E-state index is -4.78. The number of amides is 1. The van der Waals surface area contributed by atoms with Gasteiger partial charge in [-0.05, 0) is 25.0 Å². The lowest BCUT2D eigenvalue weighted by molar-refractivity contribution is -0.137. The van der Waals surface area contributed by atoms with Crippen LogP contribution in [0.4, 0.5) is 30.7 Å². The Morgan fingerprint density at radius 1 is 0.966 bits per heavy atom. The average molecular weight is 420 g/mol. The van der Waals surface area contributed by atoms with Crippen LogP contribution in [0.15, 0.2) is 24.3 Å². The summed E-state index contributed by atoms with van der Waals surface area (Å²) in [6.07, 6.45) is -3.55. The lowest BCUT2D eigenvalue weighted by Crippen LogP contribution is -2.42. The van der Waals surface area contributed by atoms with Gasteiger partial charge in [0.1, 0.15) is 0 Å². The van der Waals surface area contributed by atoms with E-state index >= 15 is 0 Å². The summed E-state index contributed by atoms with van der Waals surface area (Å²) in [7, 11) is 0. The van der Waals surface area contributed by atoms with E-state index in [0.717, 1.165) is 18.2 Å². The molecule has 1 amide bonds. The number of alkyl halides is 3. The first-order chi connectivity index (χ1) is 13.6. The number of hydrogen-bond donors (Lipinski definition) is 1. The Kier molecular flexibility index (Phi) is 5.81. The zero-order valence-electron chi connectivity index (χ0n) is 14.8. The molecule has 2 unspecified atom stereocenters. The number of aromatic nitrogens is 1. The minimum Gasteiger partial charge on any atom is -0.349 e. The Hall–Kier alpha value is -2.65. The Morgan fingerprint density at radius 3 is 2.17 bits per heavy atom. The summed E-state index contributed by atoms with van der Waals surface area (Å²) in [6, 6.07) is 3.07. The zero-order valence-corrected chi connectivity index (χ0v) is 14.8. The number of pyridine rings is 1. The number of nitrogens with one attached hydrogen (secondary N) is 1. The van der Waals surface area contributed by atoms with E-state index in [1.165, 1.54) is 6.07 Å². The van der Waals surface area contributed by atoms with Crippen LogP contribution in [0.2, 0.25) is 0 Å². The molecule has 10 heteroatoms. The van der Waals surface area contributed by atoms with Crippen LogP contribution in [0.5, 0.6) is 0 Å². The number of carbonyl (C=O) groups excluding carboxylic acids is 1. The first kappa shape index (κ1) is 21.1. The van der Waals surface area contributed by atoms with E-state index in [0.29, 0.717) is 12.8 Å². The molecule has 0 bridgehead atoms. The van der Waals surface area contributed by atoms with Crippen LogP contribution in [0.25, 0.3) is 0 Å². The summed E-state index contributed by atoms with van der Waals surface area (Å²) in [5.74, 6) is -9.24. The number of rotatable bonds is 3. The molecule has 0 aliphatic heterocycles. The third-order valence-electron chi connectivity index (χ3n) is 4.96. The van der Waals surface area contributed by atoms with Gasteiger partial charge in [-0.3, -0.25) is 4.79 Å². The molecule has 2 aromatic rings. The Balaban J connectivity index is 1.95. The van der Waals surface area contributed by atoms with E-state index in [4.69, 9.17) is 0 Å². The molecule has 29 heavy (non-hydrogen) atoms. The first-order valence-electron chi connectivity index (χ1n) is 8.78. The van der Waals surface area contributed by atoms with Gasteiger partial charge in [0.15, 0.2) is 11.6 Å². The molecule has 1 aliphatic carbocycles. The van der Waals surface area contributed by atoms with Gasteiger partial charge in [0.2, 0.25) is 0 Å². The monoisotopic (exact) mass is 420 g/mol. The average Bonchev–Trinajstić information content (AvgIpc) is 2.67. The maximum Gasteiger partial charge on any atom is 0.417 e. The minimum absolute atomic E-state index is 0.0859. The highest BCUT2D eigenvalue weighted by molar-refractivity contribution is 5.96. The van der Waals surface area contributed by atoms with Crippen molar-refractivity contribution < 1.29 is 35.5 Å². The van der Waals surface area contributed by atoms with Crippen molar-refractivity contribution in [2.45, 2.75) is 43.8 Å². The van der Waals surface area contributed by atoms with Gasteiger partial charge in [-0.1, -0.05) is 25.0 Å². The molecule has 0 saturated heterocycles. The van der Waals surface area contributed by atoms with E-state index in [1.54, 1.807) is 0 Å². The van der Waals surface area contributed by atoms with E-state index in [9.17, 15) is 35.5 Å². The molecule has 3 nitrogen and oxygen atoms in total. The van der Waals surface area contributed by atoms with Gasteiger partial charge in [0.05, 0.1) is 11.1 Å². The summed E-state index contributed by atoms with van der Waals surface area (Å²) < 4.78 is 94.8. The van der Waals surface area contributed by atoms with Gasteiger partial charge in [0.25, 0.3) is 17.8 Å². The molecule has 2 atom stereocenters. The van der Waals surface area contributed by atoms with Gasteiger partial charge in [-0.15, -0.1) is 0 Å². The standard InChI is InChI=1S/C19H15F7N2O/c20-14-13(15(21)17(23)28-16(14)22)10-6-2-4-8-12(10)27-18(29)9-5-1-3-7-11(9)19(24,25)26/h1,3,5,7,10,12H,2,4,6,8H2,(H,27,29). The second-order valence-electron chi connectivity index (χ2n) is 6.75. The fraction of sp³-hybridized carbons (Fsp3) is 0.368. The van der Waals surface area contributed by atoms with Crippen LogP contribution >= 0.6 is 0 Å². The van der Waals surface area contributed by atoms with Gasteiger partial charge in [0, 0.05) is 17.5 Å². The Bertz CT molecular complexity index is 903. The molecule has 1 aromatic heterocycles. The van der Waals surface area contributed by atoms with E-state index in [1.807, 2.05) is 0 Å². The van der Waals surface area contributed by atoms with Crippen LogP contribution in [-0.4, -0.2) is 16.9 Å². The van der Waals surface area contributed by atoms with Crippen molar-refractivity contribution in [2.75, 3.05) is 0 Å². The second-order valence-corrected chi connectivity index (χ2v) is 6.75. The molecule has 1 saturated carbocycles. The van der Waals surface area contributed by atoms with Crippen molar-refractivity contribution in [1.82, 2.24) is 10.3 Å². The number of halogens is 7. The number of carbonyl (C=O) groups is 1. The molecule has 1 fully saturated rings. The lowest BCUT2D eigenvalue weighted by atomic mass is 9.79. The van der Waals surface area contributed by atoms with Crippen LogP contribution in [0, 0.1) is 23.5 Å². The number of nitrogens with zero attached hydrogens (tertiary/aromatic N) is 1. The number of benzene rings is 1. The molecule has 1 N–H and O–H groups in total. The highest BCUT2D eigenvalue weighted by Crippen LogP contribution is 2.37. The number of hydrogen-bond acceptors (Lipinski definition) is 2. The van der Waals surface area contributed by atoms with Crippen molar-refractivity contribution in [2.24, 2.45) is 0 Å². The third-order valence-corrected chi connectivity index (χ3v) is 4.96. The van der Waals surface area contributed by atoms with Crippen LogP contribution in [0.3, 0.4) is 0 Å². The van der Waals surface area contributed by atoms with Crippen molar-refractivity contribution >= 4 is 5.91 Å². The summed E-state index contributed by atoms with van der Waals surface area (Å²) in [5.41, 5.74) is -2.72. The second kappa shape index (κ2) is 8.00. The predicted molar refractivity (Wildman–Crippen MR) is 88.0 cm³/mol. The normalized spacial score (nSPS) is 19.8. The van der Waals surface area contributed by atoms with Crippen molar-refractivity contribution in [1.29, 1.82) is 0 Å². The Morgan fingerprint density at radius 2 is 1.55 bits per heavy atom. The van der Waals surface area contributed by atoms with Crippen LogP contribution in [-0.2, 0) is 6.18 Å². The molecule has 1 heterocycles. The SMILES string of the molecule is O=C(NC1CCCCC1c1c(F)c(F)nc(F)c1F)c1ccccc1C(F)(F)F. The topological polar surface area (TPSA) is 42.0 Å². The largest absolute Gasteiger partial charge is 0.417 e. The highest BCUT2D eigenvalue weighted by atomic mass is 19.4. The maximum absolute atomic E-state index is 14.2. The summed E-state index contributed by atoms with van der Waals surface area (Å²) in [6.45, 7) is 0. The van der Waals surface area contributed by atoms with Gasteiger partial charge in [-0.2, -0.15) is 26.9 Å². The van der Waals surface area contributed by atoms with Gasteiger partial charge >= 0.3 is 6.18 Å². The van der Waals surface area contributed by atoms with Gasteiger partial charge < -0.3 is 5.32 Å². The molecular formula is C19H15F7N2O. The first-order valence-corrected chi connectivity index (χ1v) is 8.78. The molecular weight excluding hydrogens is 405 g/mol. The quantitative estimate of drug-likeness (QED) is 0.554.